The molecule has 0 aliphatic heterocycles. The van der Waals surface area contributed by atoms with Crippen LogP contribution in [0.25, 0.3) is 0 Å². The number of nitrogens with one attached hydrogen (secondary N) is 1. The molecule has 0 saturated carbocycles. The third-order valence-corrected chi connectivity index (χ3v) is 3.36. The number of thiophene rings is 1. The van der Waals surface area contributed by atoms with Gasteiger partial charge in [0, 0.05) is 4.88 Å². The lowest BCUT2D eigenvalue weighted by atomic mass is 10.1. The van der Waals surface area contributed by atoms with Gasteiger partial charge in [0.2, 0.25) is 0 Å². The predicted octanol–water partition coefficient (Wildman–Crippen LogP) is 1.31. The average molecular weight is 269 g/mol. The monoisotopic (exact) mass is 269 g/mol. The van der Waals surface area contributed by atoms with E-state index in [1.165, 1.54) is 25.4 Å². The number of hydrogen-bond acceptors (Lipinski definition) is 5. The molecule has 1 aromatic heterocycles. The normalized spacial score (nSPS) is 11.7. The van der Waals surface area contributed by atoms with Crippen molar-refractivity contribution < 1.29 is 19.1 Å². The van der Waals surface area contributed by atoms with E-state index in [1.54, 1.807) is 6.07 Å². The smallest absolute Gasteiger partial charge is 0.308 e. The minimum absolute atomic E-state index is 0.151. The van der Waals surface area contributed by atoms with Gasteiger partial charge in [0.05, 0.1) is 24.4 Å². The van der Waals surface area contributed by atoms with Crippen molar-refractivity contribution in [3.63, 3.8) is 0 Å². The van der Waals surface area contributed by atoms with E-state index in [2.05, 4.69) is 10.1 Å². The summed E-state index contributed by atoms with van der Waals surface area (Å²) in [6, 6.07) is 2.67. The summed E-state index contributed by atoms with van der Waals surface area (Å²) >= 11 is 1.33. The van der Waals surface area contributed by atoms with E-state index in [-0.39, 0.29) is 18.1 Å². The zero-order chi connectivity index (χ0) is 13.7. The van der Waals surface area contributed by atoms with E-state index in [0.29, 0.717) is 4.88 Å². The van der Waals surface area contributed by atoms with Crippen LogP contribution in [0, 0.1) is 6.92 Å². The molecule has 18 heavy (non-hydrogen) atoms. The van der Waals surface area contributed by atoms with Crippen LogP contribution in [0.4, 0.5) is 0 Å². The summed E-state index contributed by atoms with van der Waals surface area (Å²) in [7, 11) is 1.24. The first kappa shape index (κ1) is 14.4. The van der Waals surface area contributed by atoms with Crippen LogP contribution in [0.1, 0.15) is 27.9 Å². The van der Waals surface area contributed by atoms with Gasteiger partial charge in [0.25, 0.3) is 5.91 Å². The first-order valence-corrected chi connectivity index (χ1v) is 6.20. The van der Waals surface area contributed by atoms with E-state index in [1.807, 2.05) is 13.0 Å². The SMILES string of the molecule is COC(=O)CC(NC(=O)c1ccc(C)s1)C(C)=O. The molecule has 98 valence electrons. The number of hydrogen-bond donors (Lipinski definition) is 1. The van der Waals surface area contributed by atoms with E-state index in [4.69, 9.17) is 0 Å². The average Bonchev–Trinajstić information content (AvgIpc) is 2.74. The van der Waals surface area contributed by atoms with Gasteiger partial charge < -0.3 is 10.1 Å². The van der Waals surface area contributed by atoms with Crippen molar-refractivity contribution in [2.75, 3.05) is 7.11 Å². The lowest BCUT2D eigenvalue weighted by molar-refractivity contribution is -0.142. The molecule has 1 amide bonds. The first-order chi connectivity index (χ1) is 8.43. The fourth-order valence-electron chi connectivity index (χ4n) is 1.33. The Kier molecular flexibility index (Phi) is 5.03. The molecule has 0 aromatic carbocycles. The Bertz CT molecular complexity index is 466. The third kappa shape index (κ3) is 3.96. The Hall–Kier alpha value is -1.69. The Labute approximate surface area is 109 Å². The number of amides is 1. The van der Waals surface area contributed by atoms with E-state index in [0.717, 1.165) is 4.88 Å². The molecule has 1 N–H and O–H groups in total. The highest BCUT2D eigenvalue weighted by atomic mass is 32.1. The van der Waals surface area contributed by atoms with Crippen molar-refractivity contribution in [2.24, 2.45) is 0 Å². The molecule has 0 saturated heterocycles. The van der Waals surface area contributed by atoms with Gasteiger partial charge in [0.15, 0.2) is 5.78 Å². The molecule has 1 unspecified atom stereocenters. The van der Waals surface area contributed by atoms with Gasteiger partial charge in [-0.2, -0.15) is 0 Å². The van der Waals surface area contributed by atoms with Crippen LogP contribution in [-0.4, -0.2) is 30.8 Å². The molecule has 1 heterocycles. The van der Waals surface area contributed by atoms with Gasteiger partial charge in [-0.3, -0.25) is 14.4 Å². The molecular weight excluding hydrogens is 254 g/mol. The molecule has 5 nitrogen and oxygen atoms in total. The Balaban J connectivity index is 2.69. The van der Waals surface area contributed by atoms with Crippen LogP contribution >= 0.6 is 11.3 Å². The van der Waals surface area contributed by atoms with Crippen molar-refractivity contribution in [1.82, 2.24) is 5.32 Å². The molecule has 6 heteroatoms. The van der Waals surface area contributed by atoms with Crippen LogP contribution in [0.15, 0.2) is 12.1 Å². The minimum atomic E-state index is -0.840. The number of rotatable bonds is 5. The number of carbonyl (C=O) groups is 3. The molecule has 1 aromatic rings. The van der Waals surface area contributed by atoms with Gasteiger partial charge in [-0.1, -0.05) is 0 Å². The van der Waals surface area contributed by atoms with Gasteiger partial charge >= 0.3 is 5.97 Å². The largest absolute Gasteiger partial charge is 0.469 e. The van der Waals surface area contributed by atoms with Crippen LogP contribution in [0.5, 0.6) is 0 Å². The van der Waals surface area contributed by atoms with E-state index < -0.39 is 12.0 Å². The van der Waals surface area contributed by atoms with Gasteiger partial charge in [-0.25, -0.2) is 0 Å². The second-order valence-electron chi connectivity index (χ2n) is 3.83. The topological polar surface area (TPSA) is 72.5 Å². The van der Waals surface area contributed by atoms with Crippen molar-refractivity contribution in [3.05, 3.63) is 21.9 Å². The Morgan fingerprint density at radius 3 is 2.50 bits per heavy atom. The second kappa shape index (κ2) is 6.30. The highest BCUT2D eigenvalue weighted by molar-refractivity contribution is 7.13. The number of esters is 1. The number of methoxy groups -OCH3 is 1. The summed E-state index contributed by atoms with van der Waals surface area (Å²) in [6.45, 7) is 3.21. The maximum absolute atomic E-state index is 11.8. The number of carbonyl (C=O) groups excluding carboxylic acids is 3. The molecule has 0 fully saturated rings. The van der Waals surface area contributed by atoms with Crippen molar-refractivity contribution >= 4 is 29.0 Å². The van der Waals surface area contributed by atoms with Crippen molar-refractivity contribution in [2.45, 2.75) is 26.3 Å². The minimum Gasteiger partial charge on any atom is -0.469 e. The molecule has 0 aliphatic rings. The fourth-order valence-corrected chi connectivity index (χ4v) is 2.10. The van der Waals surface area contributed by atoms with E-state index >= 15 is 0 Å². The summed E-state index contributed by atoms with van der Waals surface area (Å²) < 4.78 is 4.48. The summed E-state index contributed by atoms with van der Waals surface area (Å²) in [5, 5.41) is 2.53. The second-order valence-corrected chi connectivity index (χ2v) is 5.12. The lowest BCUT2D eigenvalue weighted by Crippen LogP contribution is -2.41. The van der Waals surface area contributed by atoms with Gasteiger partial charge in [-0.05, 0) is 26.0 Å². The highest BCUT2D eigenvalue weighted by Crippen LogP contribution is 2.15. The van der Waals surface area contributed by atoms with Crippen LogP contribution in [-0.2, 0) is 14.3 Å². The standard InChI is InChI=1S/C12H15NO4S/c1-7-4-5-10(18-7)12(16)13-9(8(2)14)6-11(15)17-3/h4-5,9H,6H2,1-3H3,(H,13,16). The van der Waals surface area contributed by atoms with Gasteiger partial charge in [-0.15, -0.1) is 11.3 Å². The number of aryl methyl sites for hydroxylation is 1. The molecule has 0 aliphatic carbocycles. The van der Waals surface area contributed by atoms with Crippen LogP contribution in [0.3, 0.4) is 0 Å². The Morgan fingerprint density at radius 1 is 1.39 bits per heavy atom. The maximum Gasteiger partial charge on any atom is 0.308 e. The summed E-state index contributed by atoms with van der Waals surface area (Å²) in [4.78, 5) is 35.8. The number of Topliss-reactive ketones (excluding diaryl/α,β-unsaturated/α-hetero) is 1. The summed E-state index contributed by atoms with van der Waals surface area (Å²) in [6.07, 6.45) is -0.151. The van der Waals surface area contributed by atoms with Crippen LogP contribution < -0.4 is 5.32 Å². The zero-order valence-electron chi connectivity index (χ0n) is 10.5. The highest BCUT2D eigenvalue weighted by Gasteiger charge is 2.22. The van der Waals surface area contributed by atoms with E-state index in [9.17, 15) is 14.4 Å². The van der Waals surface area contributed by atoms with Crippen molar-refractivity contribution in [3.8, 4) is 0 Å². The Morgan fingerprint density at radius 2 is 2.06 bits per heavy atom. The molecule has 0 radical (unpaired) electrons. The van der Waals surface area contributed by atoms with Crippen molar-refractivity contribution in [1.29, 1.82) is 0 Å². The zero-order valence-corrected chi connectivity index (χ0v) is 11.3. The predicted molar refractivity (Wildman–Crippen MR) is 67.6 cm³/mol. The third-order valence-electron chi connectivity index (χ3n) is 2.36. The van der Waals surface area contributed by atoms with Crippen LogP contribution in [0.2, 0.25) is 0 Å². The van der Waals surface area contributed by atoms with Gasteiger partial charge in [0.1, 0.15) is 0 Å². The molecule has 0 bridgehead atoms. The summed E-state index contributed by atoms with van der Waals surface area (Å²) in [5.41, 5.74) is 0. The molecule has 0 spiro atoms. The maximum atomic E-state index is 11.8. The molecule has 1 rings (SSSR count). The number of ketones is 1. The summed E-state index contributed by atoms with van der Waals surface area (Å²) in [5.74, 6) is -1.16. The molecule has 1 atom stereocenters. The quantitative estimate of drug-likeness (QED) is 0.818. The molecular formula is C12H15NO4S. The number of ether oxygens (including phenoxy) is 1. The fraction of sp³-hybridized carbons (Fsp3) is 0.417. The lowest BCUT2D eigenvalue weighted by Gasteiger charge is -2.13. The first-order valence-electron chi connectivity index (χ1n) is 5.38.